The van der Waals surface area contributed by atoms with Crippen LogP contribution in [0.1, 0.15) is 20.3 Å². The minimum Gasteiger partial charge on any atom is -0.481 e. The van der Waals surface area contributed by atoms with Crippen molar-refractivity contribution in [2.24, 2.45) is 11.8 Å². The van der Waals surface area contributed by atoms with Gasteiger partial charge in [0.2, 0.25) is 0 Å². The molecule has 0 aromatic rings. The van der Waals surface area contributed by atoms with Crippen LogP contribution in [0, 0.1) is 11.8 Å². The van der Waals surface area contributed by atoms with Gasteiger partial charge in [-0.3, -0.25) is 4.79 Å². The van der Waals surface area contributed by atoms with E-state index in [2.05, 4.69) is 5.32 Å². The molecule has 2 amide bonds. The molecule has 0 spiro atoms. The van der Waals surface area contributed by atoms with E-state index in [0.29, 0.717) is 13.2 Å². The predicted octanol–water partition coefficient (Wildman–Crippen LogP) is 0.773. The fourth-order valence-corrected chi connectivity index (χ4v) is 1.94. The summed E-state index contributed by atoms with van der Waals surface area (Å²) in [5, 5.41) is 11.7. The summed E-state index contributed by atoms with van der Waals surface area (Å²) < 4.78 is 5.31. The van der Waals surface area contributed by atoms with E-state index >= 15 is 0 Å². The lowest BCUT2D eigenvalue weighted by molar-refractivity contribution is -0.141. The summed E-state index contributed by atoms with van der Waals surface area (Å²) in [4.78, 5) is 24.0. The molecule has 6 nitrogen and oxygen atoms in total. The molecule has 104 valence electrons. The van der Waals surface area contributed by atoms with Crippen molar-refractivity contribution in [2.45, 2.75) is 26.3 Å². The summed E-state index contributed by atoms with van der Waals surface area (Å²) in [6.45, 7) is 5.14. The molecule has 1 aliphatic heterocycles. The zero-order valence-electron chi connectivity index (χ0n) is 11.2. The molecule has 1 fully saturated rings. The number of urea groups is 1. The smallest absolute Gasteiger partial charge is 0.317 e. The molecule has 2 N–H and O–H groups in total. The van der Waals surface area contributed by atoms with Crippen molar-refractivity contribution in [3.63, 3.8) is 0 Å². The third kappa shape index (κ3) is 4.18. The minimum absolute atomic E-state index is 0.105. The number of hydrogen-bond donors (Lipinski definition) is 2. The van der Waals surface area contributed by atoms with Gasteiger partial charge in [-0.05, 0) is 12.3 Å². The average molecular weight is 258 g/mol. The Kier molecular flexibility index (Phi) is 5.40. The molecule has 0 radical (unpaired) electrons. The Morgan fingerprint density at radius 1 is 1.56 bits per heavy atom. The van der Waals surface area contributed by atoms with Crippen LogP contribution in [0.4, 0.5) is 4.79 Å². The lowest BCUT2D eigenvalue weighted by Gasteiger charge is -2.31. The van der Waals surface area contributed by atoms with E-state index in [-0.39, 0.29) is 24.5 Å². The van der Waals surface area contributed by atoms with Gasteiger partial charge >= 0.3 is 12.0 Å². The number of carbonyl (C=O) groups is 2. The van der Waals surface area contributed by atoms with Gasteiger partial charge in [-0.25, -0.2) is 4.79 Å². The second-order valence-corrected chi connectivity index (χ2v) is 5.02. The summed E-state index contributed by atoms with van der Waals surface area (Å²) in [6.07, 6.45) is 0.801. The highest BCUT2D eigenvalue weighted by Crippen LogP contribution is 2.14. The first-order valence-electron chi connectivity index (χ1n) is 6.24. The highest BCUT2D eigenvalue weighted by molar-refractivity contribution is 5.76. The molecule has 6 heteroatoms. The SMILES string of the molecule is CC(CN(C)C(=O)NC1CCOCC1C)C(=O)O. The van der Waals surface area contributed by atoms with Crippen molar-refractivity contribution in [2.75, 3.05) is 26.8 Å². The van der Waals surface area contributed by atoms with E-state index in [9.17, 15) is 9.59 Å². The van der Waals surface area contributed by atoms with E-state index in [0.717, 1.165) is 6.42 Å². The number of aliphatic carboxylic acids is 1. The molecule has 1 saturated heterocycles. The van der Waals surface area contributed by atoms with Crippen molar-refractivity contribution in [3.05, 3.63) is 0 Å². The Labute approximate surface area is 107 Å². The normalized spacial score (nSPS) is 25.3. The summed E-state index contributed by atoms with van der Waals surface area (Å²) in [5.41, 5.74) is 0. The van der Waals surface area contributed by atoms with Gasteiger partial charge in [0.25, 0.3) is 0 Å². The Hall–Kier alpha value is -1.30. The highest BCUT2D eigenvalue weighted by Gasteiger charge is 2.25. The lowest BCUT2D eigenvalue weighted by Crippen LogP contribution is -2.49. The van der Waals surface area contributed by atoms with Crippen LogP contribution in [0.25, 0.3) is 0 Å². The van der Waals surface area contributed by atoms with Crippen molar-refractivity contribution in [1.29, 1.82) is 0 Å². The number of nitrogens with zero attached hydrogens (tertiary/aromatic N) is 1. The number of carboxylic acids is 1. The molecule has 1 heterocycles. The van der Waals surface area contributed by atoms with Crippen LogP contribution in [0.5, 0.6) is 0 Å². The maximum Gasteiger partial charge on any atom is 0.317 e. The zero-order valence-corrected chi connectivity index (χ0v) is 11.2. The Bertz CT molecular complexity index is 308. The van der Waals surface area contributed by atoms with E-state index < -0.39 is 11.9 Å². The van der Waals surface area contributed by atoms with E-state index in [1.807, 2.05) is 6.92 Å². The Morgan fingerprint density at radius 2 is 2.22 bits per heavy atom. The van der Waals surface area contributed by atoms with E-state index in [4.69, 9.17) is 9.84 Å². The molecular formula is C12H22N2O4. The van der Waals surface area contributed by atoms with Crippen LogP contribution < -0.4 is 5.32 Å². The monoisotopic (exact) mass is 258 g/mol. The number of hydrogen-bond acceptors (Lipinski definition) is 3. The molecule has 18 heavy (non-hydrogen) atoms. The second kappa shape index (κ2) is 6.58. The first-order chi connectivity index (χ1) is 8.41. The van der Waals surface area contributed by atoms with Crippen molar-refractivity contribution in [3.8, 4) is 0 Å². The number of ether oxygens (including phenoxy) is 1. The quantitative estimate of drug-likeness (QED) is 0.780. The highest BCUT2D eigenvalue weighted by atomic mass is 16.5. The zero-order chi connectivity index (χ0) is 13.7. The second-order valence-electron chi connectivity index (χ2n) is 5.02. The molecular weight excluding hydrogens is 236 g/mol. The average Bonchev–Trinajstić information content (AvgIpc) is 2.31. The predicted molar refractivity (Wildman–Crippen MR) is 66.3 cm³/mol. The van der Waals surface area contributed by atoms with E-state index in [1.54, 1.807) is 14.0 Å². The van der Waals surface area contributed by atoms with Crippen molar-refractivity contribution in [1.82, 2.24) is 10.2 Å². The van der Waals surface area contributed by atoms with Gasteiger partial charge in [0.05, 0.1) is 12.5 Å². The Morgan fingerprint density at radius 3 is 2.78 bits per heavy atom. The maximum atomic E-state index is 11.9. The standard InChI is InChI=1S/C12H22N2O4/c1-8(11(15)16)6-14(3)12(17)13-10-4-5-18-7-9(10)2/h8-10H,4-7H2,1-3H3,(H,13,17)(H,15,16). The maximum absolute atomic E-state index is 11.9. The summed E-state index contributed by atoms with van der Waals surface area (Å²) >= 11 is 0. The van der Waals surface area contributed by atoms with Gasteiger partial charge in [-0.15, -0.1) is 0 Å². The molecule has 1 aliphatic rings. The number of carbonyl (C=O) groups excluding carboxylic acids is 1. The van der Waals surface area contributed by atoms with Gasteiger partial charge < -0.3 is 20.1 Å². The van der Waals surface area contributed by atoms with Crippen LogP contribution in [-0.2, 0) is 9.53 Å². The molecule has 0 bridgehead atoms. The minimum atomic E-state index is -0.894. The fourth-order valence-electron chi connectivity index (χ4n) is 1.94. The number of carboxylic acid groups (broad SMARTS) is 1. The molecule has 0 aliphatic carbocycles. The number of rotatable bonds is 4. The first kappa shape index (κ1) is 14.8. The third-order valence-corrected chi connectivity index (χ3v) is 3.27. The Balaban J connectivity index is 2.41. The van der Waals surface area contributed by atoms with Gasteiger partial charge in [-0.1, -0.05) is 13.8 Å². The van der Waals surface area contributed by atoms with Crippen LogP contribution in [-0.4, -0.2) is 54.9 Å². The van der Waals surface area contributed by atoms with Crippen LogP contribution in [0.3, 0.4) is 0 Å². The topological polar surface area (TPSA) is 78.9 Å². The molecule has 3 unspecified atom stereocenters. The molecule has 0 aromatic heterocycles. The largest absolute Gasteiger partial charge is 0.481 e. The summed E-state index contributed by atoms with van der Waals surface area (Å²) in [7, 11) is 1.61. The lowest BCUT2D eigenvalue weighted by atomic mass is 9.98. The van der Waals surface area contributed by atoms with Gasteiger partial charge in [0, 0.05) is 26.2 Å². The number of nitrogens with one attached hydrogen (secondary N) is 1. The first-order valence-corrected chi connectivity index (χ1v) is 6.24. The van der Waals surface area contributed by atoms with Gasteiger partial charge in [0.15, 0.2) is 0 Å². The molecule has 0 saturated carbocycles. The summed E-state index contributed by atoms with van der Waals surface area (Å²) in [5.74, 6) is -1.17. The number of amides is 2. The van der Waals surface area contributed by atoms with Crippen LogP contribution in [0.2, 0.25) is 0 Å². The van der Waals surface area contributed by atoms with Gasteiger partial charge in [-0.2, -0.15) is 0 Å². The third-order valence-electron chi connectivity index (χ3n) is 3.27. The molecule has 3 atom stereocenters. The van der Waals surface area contributed by atoms with Crippen molar-refractivity contribution < 1.29 is 19.4 Å². The summed E-state index contributed by atoms with van der Waals surface area (Å²) in [6, 6.07) is -0.115. The van der Waals surface area contributed by atoms with Crippen LogP contribution >= 0.6 is 0 Å². The molecule has 1 rings (SSSR count). The van der Waals surface area contributed by atoms with Crippen molar-refractivity contribution >= 4 is 12.0 Å². The molecule has 0 aromatic carbocycles. The van der Waals surface area contributed by atoms with Crippen LogP contribution in [0.15, 0.2) is 0 Å². The fraction of sp³-hybridized carbons (Fsp3) is 0.833. The van der Waals surface area contributed by atoms with E-state index in [1.165, 1.54) is 4.90 Å². The van der Waals surface area contributed by atoms with Gasteiger partial charge in [0.1, 0.15) is 0 Å².